The maximum atomic E-state index is 12.7. The predicted octanol–water partition coefficient (Wildman–Crippen LogP) is 3.16. The van der Waals surface area contributed by atoms with Crippen LogP contribution in [0.1, 0.15) is 33.0 Å². The van der Waals surface area contributed by atoms with E-state index >= 15 is 0 Å². The first-order valence-corrected chi connectivity index (χ1v) is 9.44. The highest BCUT2D eigenvalue weighted by Gasteiger charge is 2.31. The van der Waals surface area contributed by atoms with Gasteiger partial charge in [0.05, 0.1) is 20.6 Å². The Morgan fingerprint density at radius 1 is 1.37 bits per heavy atom. The number of thiophene rings is 1. The number of hydrogen-bond donors (Lipinski definition) is 1. The van der Waals surface area contributed by atoms with E-state index in [9.17, 15) is 19.7 Å². The van der Waals surface area contributed by atoms with Gasteiger partial charge in [-0.1, -0.05) is 6.07 Å². The molecule has 2 aromatic rings. The number of rotatable bonds is 4. The molecule has 1 saturated heterocycles. The summed E-state index contributed by atoms with van der Waals surface area (Å²) in [6.07, 6.45) is 3.07. The third-order valence-electron chi connectivity index (χ3n) is 4.54. The Morgan fingerprint density at radius 2 is 2.15 bits per heavy atom. The van der Waals surface area contributed by atoms with Crippen LogP contribution in [0.5, 0.6) is 0 Å². The second kappa shape index (κ2) is 7.83. The van der Waals surface area contributed by atoms with Crippen molar-refractivity contribution in [2.45, 2.75) is 26.7 Å². The van der Waals surface area contributed by atoms with E-state index < -0.39 is 4.92 Å². The summed E-state index contributed by atoms with van der Waals surface area (Å²) in [6, 6.07) is 4.93. The van der Waals surface area contributed by atoms with Gasteiger partial charge in [-0.3, -0.25) is 19.7 Å². The van der Waals surface area contributed by atoms with Crippen molar-refractivity contribution in [3.05, 3.63) is 49.8 Å². The van der Waals surface area contributed by atoms with Crippen LogP contribution in [0.25, 0.3) is 0 Å². The Morgan fingerprint density at radius 3 is 2.78 bits per heavy atom. The van der Waals surface area contributed by atoms with Crippen molar-refractivity contribution >= 4 is 34.7 Å². The molecule has 0 bridgehead atoms. The largest absolute Gasteiger partial charge is 0.337 e. The van der Waals surface area contributed by atoms with Crippen LogP contribution in [0.3, 0.4) is 0 Å². The van der Waals surface area contributed by atoms with Crippen LogP contribution in [0, 0.1) is 29.9 Å². The minimum atomic E-state index is -0.482. The average molecular weight is 388 g/mol. The molecule has 1 aliphatic rings. The Labute approximate surface area is 160 Å². The number of anilines is 1. The van der Waals surface area contributed by atoms with Crippen molar-refractivity contribution in [2.24, 2.45) is 5.92 Å². The van der Waals surface area contributed by atoms with Gasteiger partial charge in [0, 0.05) is 25.4 Å². The fraction of sp³-hybridized carbons (Fsp3) is 0.389. The summed E-state index contributed by atoms with van der Waals surface area (Å²) in [7, 11) is 0. The van der Waals surface area contributed by atoms with Crippen molar-refractivity contribution in [1.82, 2.24) is 9.88 Å². The molecule has 0 aromatic carbocycles. The molecule has 8 nitrogen and oxygen atoms in total. The molecule has 9 heteroatoms. The number of nitrogens with zero attached hydrogens (tertiary/aromatic N) is 3. The highest BCUT2D eigenvalue weighted by Crippen LogP contribution is 2.30. The number of amides is 2. The molecule has 0 radical (unpaired) electrons. The molecule has 0 spiro atoms. The molecule has 0 saturated carbocycles. The molecule has 1 aliphatic heterocycles. The van der Waals surface area contributed by atoms with Crippen molar-refractivity contribution in [1.29, 1.82) is 0 Å². The molecule has 27 heavy (non-hydrogen) atoms. The summed E-state index contributed by atoms with van der Waals surface area (Å²) in [6.45, 7) is 4.37. The molecule has 2 aromatic heterocycles. The van der Waals surface area contributed by atoms with Crippen molar-refractivity contribution in [2.75, 3.05) is 18.4 Å². The number of pyridine rings is 1. The minimum Gasteiger partial charge on any atom is -0.337 e. The quantitative estimate of drug-likeness (QED) is 0.640. The average Bonchev–Trinajstić information content (AvgIpc) is 3.05. The number of aromatic nitrogens is 1. The summed E-state index contributed by atoms with van der Waals surface area (Å²) in [4.78, 5) is 42.4. The third-order valence-corrected chi connectivity index (χ3v) is 5.57. The molecular formula is C18H20N4O4S. The van der Waals surface area contributed by atoms with Gasteiger partial charge in [-0.15, -0.1) is 11.3 Å². The fourth-order valence-corrected chi connectivity index (χ4v) is 4.02. The van der Waals surface area contributed by atoms with E-state index in [0.717, 1.165) is 16.9 Å². The molecule has 3 rings (SSSR count). The smallest absolute Gasteiger partial charge is 0.283 e. The van der Waals surface area contributed by atoms with Gasteiger partial charge in [0.1, 0.15) is 5.82 Å². The number of piperidine rings is 1. The van der Waals surface area contributed by atoms with Crippen LogP contribution < -0.4 is 5.32 Å². The number of nitrogens with one attached hydrogen (secondary N) is 1. The first-order chi connectivity index (χ1) is 12.8. The Hall–Kier alpha value is -2.81. The second-order valence-electron chi connectivity index (χ2n) is 6.61. The van der Waals surface area contributed by atoms with E-state index in [0.29, 0.717) is 41.5 Å². The summed E-state index contributed by atoms with van der Waals surface area (Å²) in [5.74, 6) is -0.278. The monoisotopic (exact) mass is 388 g/mol. The van der Waals surface area contributed by atoms with E-state index in [-0.39, 0.29) is 23.4 Å². The van der Waals surface area contributed by atoms with Crippen LogP contribution in [-0.2, 0) is 4.79 Å². The summed E-state index contributed by atoms with van der Waals surface area (Å²) in [5.41, 5.74) is 0.961. The van der Waals surface area contributed by atoms with Gasteiger partial charge in [-0.2, -0.15) is 0 Å². The molecule has 0 aliphatic carbocycles. The van der Waals surface area contributed by atoms with Crippen LogP contribution >= 0.6 is 11.3 Å². The van der Waals surface area contributed by atoms with E-state index in [2.05, 4.69) is 10.3 Å². The lowest BCUT2D eigenvalue weighted by Crippen LogP contribution is -2.43. The summed E-state index contributed by atoms with van der Waals surface area (Å²) < 4.78 is 0. The SMILES string of the molecule is Cc1ccc(NC(=O)C2CCCN(C(=O)c3cc([N+](=O)[O-])c(C)s3)C2)nc1. The van der Waals surface area contributed by atoms with Gasteiger partial charge in [0.2, 0.25) is 5.91 Å². The van der Waals surface area contributed by atoms with E-state index in [4.69, 9.17) is 0 Å². The minimum absolute atomic E-state index is 0.0416. The number of carbonyl (C=O) groups excluding carboxylic acids is 2. The number of hydrogen-bond acceptors (Lipinski definition) is 6. The summed E-state index contributed by atoms with van der Waals surface area (Å²) >= 11 is 1.11. The van der Waals surface area contributed by atoms with Crippen molar-refractivity contribution in [3.63, 3.8) is 0 Å². The zero-order valence-electron chi connectivity index (χ0n) is 15.1. The highest BCUT2D eigenvalue weighted by atomic mass is 32.1. The van der Waals surface area contributed by atoms with Gasteiger partial charge >= 0.3 is 0 Å². The molecule has 142 valence electrons. The standard InChI is InChI=1S/C18H20N4O4S/c1-11-5-6-16(19-9-11)20-17(23)13-4-3-7-21(10-13)18(24)15-8-14(22(25)26)12(2)27-15/h5-6,8-9,13H,3-4,7,10H2,1-2H3,(H,19,20,23). The molecule has 1 unspecified atom stereocenters. The maximum Gasteiger partial charge on any atom is 0.283 e. The number of nitro groups is 1. The number of aryl methyl sites for hydroxylation is 2. The fourth-order valence-electron chi connectivity index (χ4n) is 3.06. The molecule has 3 heterocycles. The Kier molecular flexibility index (Phi) is 5.50. The molecule has 1 atom stereocenters. The first kappa shape index (κ1) is 19.0. The van der Waals surface area contributed by atoms with Gasteiger partial charge in [-0.05, 0) is 38.3 Å². The molecule has 2 amide bonds. The van der Waals surface area contributed by atoms with Crippen molar-refractivity contribution in [3.8, 4) is 0 Å². The molecular weight excluding hydrogens is 368 g/mol. The van der Waals surface area contributed by atoms with Crippen molar-refractivity contribution < 1.29 is 14.5 Å². The van der Waals surface area contributed by atoms with Crippen LogP contribution in [-0.4, -0.2) is 39.7 Å². The number of likely N-dealkylation sites (tertiary alicyclic amines) is 1. The zero-order valence-corrected chi connectivity index (χ0v) is 15.9. The topological polar surface area (TPSA) is 105 Å². The summed E-state index contributed by atoms with van der Waals surface area (Å²) in [5, 5.41) is 13.8. The highest BCUT2D eigenvalue weighted by molar-refractivity contribution is 7.14. The van der Waals surface area contributed by atoms with Gasteiger partial charge in [0.25, 0.3) is 11.6 Å². The van der Waals surface area contributed by atoms with E-state index in [1.165, 1.54) is 6.07 Å². The lowest BCUT2D eigenvalue weighted by Gasteiger charge is -2.31. The normalized spacial score (nSPS) is 16.8. The zero-order chi connectivity index (χ0) is 19.6. The van der Waals surface area contributed by atoms with E-state index in [1.807, 2.05) is 13.0 Å². The van der Waals surface area contributed by atoms with Gasteiger partial charge in [-0.25, -0.2) is 4.98 Å². The lowest BCUT2D eigenvalue weighted by atomic mass is 9.97. The molecule has 1 fully saturated rings. The third kappa shape index (κ3) is 4.30. The van der Waals surface area contributed by atoms with Crippen LogP contribution in [0.2, 0.25) is 0 Å². The Balaban J connectivity index is 1.67. The Bertz CT molecular complexity index is 878. The van der Waals surface area contributed by atoms with Gasteiger partial charge < -0.3 is 10.2 Å². The molecule has 1 N–H and O–H groups in total. The van der Waals surface area contributed by atoms with Crippen LogP contribution in [0.15, 0.2) is 24.4 Å². The van der Waals surface area contributed by atoms with Gasteiger partial charge in [0.15, 0.2) is 0 Å². The van der Waals surface area contributed by atoms with Crippen LogP contribution in [0.4, 0.5) is 11.5 Å². The van der Waals surface area contributed by atoms with E-state index in [1.54, 1.807) is 24.1 Å². The lowest BCUT2D eigenvalue weighted by molar-refractivity contribution is -0.385. The maximum absolute atomic E-state index is 12.7. The second-order valence-corrected chi connectivity index (χ2v) is 7.87. The number of carbonyl (C=O) groups is 2. The first-order valence-electron chi connectivity index (χ1n) is 8.63. The predicted molar refractivity (Wildman–Crippen MR) is 102 cm³/mol.